The predicted octanol–water partition coefficient (Wildman–Crippen LogP) is 2.92. The first-order valence-corrected chi connectivity index (χ1v) is 6.70. The van der Waals surface area contributed by atoms with Crippen molar-refractivity contribution in [1.29, 1.82) is 0 Å². The second-order valence-electron chi connectivity index (χ2n) is 4.71. The molecular formula is C15H22N2O2. The largest absolute Gasteiger partial charge is 0.468 e. The summed E-state index contributed by atoms with van der Waals surface area (Å²) in [5, 5.41) is 3.11. The molecule has 0 spiro atoms. The summed E-state index contributed by atoms with van der Waals surface area (Å²) in [5.74, 6) is 2.99. The molecule has 4 nitrogen and oxygen atoms in total. The second-order valence-corrected chi connectivity index (χ2v) is 4.71. The Balaban J connectivity index is 2.01. The fourth-order valence-electron chi connectivity index (χ4n) is 2.15. The minimum Gasteiger partial charge on any atom is -0.468 e. The lowest BCUT2D eigenvalue weighted by Gasteiger charge is -2.18. The molecule has 0 fully saturated rings. The molecule has 0 radical (unpaired) electrons. The molecule has 4 heteroatoms. The summed E-state index contributed by atoms with van der Waals surface area (Å²) < 4.78 is 11.1. The molecule has 2 aromatic rings. The Hall–Kier alpha value is -1.52. The van der Waals surface area contributed by atoms with Crippen LogP contribution >= 0.6 is 0 Å². The third-order valence-corrected chi connectivity index (χ3v) is 3.22. The quantitative estimate of drug-likeness (QED) is 0.833. The highest BCUT2D eigenvalue weighted by Crippen LogP contribution is 2.18. The molecule has 2 aromatic heterocycles. The molecule has 104 valence electrons. The maximum Gasteiger partial charge on any atom is 0.118 e. The molecule has 0 aliphatic rings. The number of aryl methyl sites for hydroxylation is 1. The zero-order valence-corrected chi connectivity index (χ0v) is 11.9. The highest BCUT2D eigenvalue weighted by Gasteiger charge is 2.12. The molecule has 0 bridgehead atoms. The van der Waals surface area contributed by atoms with Gasteiger partial charge in [-0.2, -0.15) is 0 Å². The summed E-state index contributed by atoms with van der Waals surface area (Å²) in [6, 6.07) is 6.07. The minimum absolute atomic E-state index is 0.769. The average Bonchev–Trinajstić information content (AvgIpc) is 3.00. The van der Waals surface area contributed by atoms with Crippen LogP contribution in [-0.4, -0.2) is 18.5 Å². The van der Waals surface area contributed by atoms with Crippen LogP contribution in [0, 0.1) is 6.92 Å². The van der Waals surface area contributed by atoms with E-state index in [1.807, 2.05) is 26.1 Å². The summed E-state index contributed by atoms with van der Waals surface area (Å²) in [4.78, 5) is 2.33. The standard InChI is InChI=1S/C15H22N2O2/c1-4-17(11-14-6-5-7-18-14)10-13-8-15(9-16-3)19-12(13)2/h5-8,16H,4,9-11H2,1-3H3. The molecule has 1 N–H and O–H groups in total. The van der Waals surface area contributed by atoms with Gasteiger partial charge in [0.25, 0.3) is 0 Å². The van der Waals surface area contributed by atoms with Crippen LogP contribution in [0.1, 0.15) is 29.8 Å². The first-order valence-electron chi connectivity index (χ1n) is 6.70. The molecule has 19 heavy (non-hydrogen) atoms. The van der Waals surface area contributed by atoms with E-state index in [2.05, 4.69) is 23.2 Å². The van der Waals surface area contributed by atoms with Crippen LogP contribution in [0.2, 0.25) is 0 Å². The fraction of sp³-hybridized carbons (Fsp3) is 0.467. The van der Waals surface area contributed by atoms with Gasteiger partial charge in [-0.1, -0.05) is 6.92 Å². The molecule has 0 saturated heterocycles. The van der Waals surface area contributed by atoms with Gasteiger partial charge in [0, 0.05) is 12.1 Å². The van der Waals surface area contributed by atoms with Crippen LogP contribution in [0.15, 0.2) is 33.3 Å². The highest BCUT2D eigenvalue weighted by atomic mass is 16.3. The summed E-state index contributed by atoms with van der Waals surface area (Å²) >= 11 is 0. The van der Waals surface area contributed by atoms with Crippen LogP contribution in [0.25, 0.3) is 0 Å². The van der Waals surface area contributed by atoms with Crippen molar-refractivity contribution in [2.45, 2.75) is 33.5 Å². The molecule has 0 amide bonds. The van der Waals surface area contributed by atoms with Gasteiger partial charge in [-0.15, -0.1) is 0 Å². The number of furan rings is 2. The number of hydrogen-bond donors (Lipinski definition) is 1. The van der Waals surface area contributed by atoms with E-state index in [0.717, 1.165) is 43.5 Å². The van der Waals surface area contributed by atoms with Crippen molar-refractivity contribution < 1.29 is 8.83 Å². The van der Waals surface area contributed by atoms with E-state index >= 15 is 0 Å². The highest BCUT2D eigenvalue weighted by molar-refractivity contribution is 5.20. The number of nitrogens with one attached hydrogen (secondary N) is 1. The van der Waals surface area contributed by atoms with Crippen LogP contribution in [0.5, 0.6) is 0 Å². The number of rotatable bonds is 7. The molecule has 2 heterocycles. The maximum atomic E-state index is 5.72. The van der Waals surface area contributed by atoms with Crippen LogP contribution in [-0.2, 0) is 19.6 Å². The molecular weight excluding hydrogens is 240 g/mol. The summed E-state index contributed by atoms with van der Waals surface area (Å²) in [6.07, 6.45) is 1.72. The third-order valence-electron chi connectivity index (χ3n) is 3.22. The molecule has 0 saturated carbocycles. The average molecular weight is 262 g/mol. The number of nitrogens with zero attached hydrogens (tertiary/aromatic N) is 1. The van der Waals surface area contributed by atoms with Gasteiger partial charge in [0.1, 0.15) is 17.3 Å². The van der Waals surface area contributed by atoms with Gasteiger partial charge in [0.05, 0.1) is 19.4 Å². The first kappa shape index (κ1) is 13.9. The van der Waals surface area contributed by atoms with Crippen molar-refractivity contribution in [3.63, 3.8) is 0 Å². The van der Waals surface area contributed by atoms with Gasteiger partial charge in [0.15, 0.2) is 0 Å². The van der Waals surface area contributed by atoms with E-state index in [1.54, 1.807) is 6.26 Å². The molecule has 0 aromatic carbocycles. The number of hydrogen-bond acceptors (Lipinski definition) is 4. The lowest BCUT2D eigenvalue weighted by atomic mass is 10.2. The van der Waals surface area contributed by atoms with Gasteiger partial charge in [-0.25, -0.2) is 0 Å². The van der Waals surface area contributed by atoms with Crippen molar-refractivity contribution >= 4 is 0 Å². The maximum absolute atomic E-state index is 5.72. The lowest BCUT2D eigenvalue weighted by molar-refractivity contribution is 0.246. The Labute approximate surface area is 114 Å². The Morgan fingerprint density at radius 1 is 1.26 bits per heavy atom. The van der Waals surface area contributed by atoms with E-state index in [1.165, 1.54) is 5.56 Å². The lowest BCUT2D eigenvalue weighted by Crippen LogP contribution is -2.22. The Bertz CT molecular complexity index is 488. The van der Waals surface area contributed by atoms with Crippen molar-refractivity contribution in [2.24, 2.45) is 0 Å². The first-order chi connectivity index (χ1) is 9.22. The SMILES string of the molecule is CCN(Cc1ccco1)Cc1cc(CNC)oc1C. The van der Waals surface area contributed by atoms with Gasteiger partial charge in [-0.3, -0.25) is 4.90 Å². The zero-order valence-electron chi connectivity index (χ0n) is 11.9. The van der Waals surface area contributed by atoms with Crippen LogP contribution in [0.4, 0.5) is 0 Å². The fourth-order valence-corrected chi connectivity index (χ4v) is 2.15. The van der Waals surface area contributed by atoms with Gasteiger partial charge >= 0.3 is 0 Å². The molecule has 0 aliphatic heterocycles. The summed E-state index contributed by atoms with van der Waals surface area (Å²) in [6.45, 7) is 7.64. The van der Waals surface area contributed by atoms with Gasteiger partial charge in [0.2, 0.25) is 0 Å². The summed E-state index contributed by atoms with van der Waals surface area (Å²) in [7, 11) is 1.92. The Kier molecular flexibility index (Phi) is 4.82. The zero-order chi connectivity index (χ0) is 13.7. The Morgan fingerprint density at radius 3 is 2.74 bits per heavy atom. The minimum atomic E-state index is 0.769. The van der Waals surface area contributed by atoms with E-state index in [0.29, 0.717) is 0 Å². The smallest absolute Gasteiger partial charge is 0.118 e. The van der Waals surface area contributed by atoms with Crippen molar-refractivity contribution in [2.75, 3.05) is 13.6 Å². The van der Waals surface area contributed by atoms with Crippen molar-refractivity contribution in [1.82, 2.24) is 10.2 Å². The van der Waals surface area contributed by atoms with Crippen molar-refractivity contribution in [3.8, 4) is 0 Å². The van der Waals surface area contributed by atoms with E-state index in [4.69, 9.17) is 8.83 Å². The third kappa shape index (κ3) is 3.72. The molecule has 0 aliphatic carbocycles. The monoisotopic (exact) mass is 262 g/mol. The van der Waals surface area contributed by atoms with Crippen LogP contribution in [0.3, 0.4) is 0 Å². The molecule has 2 rings (SSSR count). The molecule has 0 atom stereocenters. The second kappa shape index (κ2) is 6.59. The Morgan fingerprint density at radius 2 is 2.11 bits per heavy atom. The topological polar surface area (TPSA) is 41.6 Å². The van der Waals surface area contributed by atoms with E-state index in [9.17, 15) is 0 Å². The predicted molar refractivity (Wildman–Crippen MR) is 74.7 cm³/mol. The van der Waals surface area contributed by atoms with Crippen LogP contribution < -0.4 is 5.32 Å². The molecule has 0 unspecified atom stereocenters. The van der Waals surface area contributed by atoms with Crippen molar-refractivity contribution in [3.05, 3.63) is 47.3 Å². The summed E-state index contributed by atoms with van der Waals surface area (Å²) in [5.41, 5.74) is 1.25. The van der Waals surface area contributed by atoms with Gasteiger partial charge < -0.3 is 14.2 Å². The normalized spacial score (nSPS) is 11.4. The van der Waals surface area contributed by atoms with Gasteiger partial charge in [-0.05, 0) is 38.7 Å². The van der Waals surface area contributed by atoms with E-state index in [-0.39, 0.29) is 0 Å². The van der Waals surface area contributed by atoms with E-state index < -0.39 is 0 Å².